The van der Waals surface area contributed by atoms with Crippen LogP contribution in [0.5, 0.6) is 0 Å². The van der Waals surface area contributed by atoms with E-state index in [4.69, 9.17) is 4.74 Å². The van der Waals surface area contributed by atoms with Crippen molar-refractivity contribution < 1.29 is 4.74 Å². The predicted octanol–water partition coefficient (Wildman–Crippen LogP) is 1.86. The number of thiazole rings is 1. The van der Waals surface area contributed by atoms with E-state index in [0.717, 1.165) is 32.8 Å². The topological polar surface area (TPSA) is 37.4 Å². The second-order valence-corrected chi connectivity index (χ2v) is 5.79. The number of ether oxygens (including phenoxy) is 1. The number of rotatable bonds is 7. The van der Waals surface area contributed by atoms with Crippen LogP contribution in [0.1, 0.15) is 30.5 Å². The van der Waals surface area contributed by atoms with Gasteiger partial charge in [0.15, 0.2) is 0 Å². The van der Waals surface area contributed by atoms with Crippen molar-refractivity contribution in [2.45, 2.75) is 39.0 Å². The Morgan fingerprint density at radius 1 is 1.61 bits per heavy atom. The SMILES string of the molecule is CCNCc1nc(CN(C)CC2CCCO2)cs1. The van der Waals surface area contributed by atoms with Crippen LogP contribution in [0, 0.1) is 0 Å². The first-order valence-electron chi connectivity index (χ1n) is 6.72. The molecule has 0 spiro atoms. The summed E-state index contributed by atoms with van der Waals surface area (Å²) in [7, 11) is 2.14. The van der Waals surface area contributed by atoms with Crippen molar-refractivity contribution >= 4 is 11.3 Å². The Labute approximate surface area is 113 Å². The lowest BCUT2D eigenvalue weighted by atomic mass is 10.2. The molecule has 1 unspecified atom stereocenters. The maximum Gasteiger partial charge on any atom is 0.107 e. The van der Waals surface area contributed by atoms with Gasteiger partial charge in [-0.15, -0.1) is 11.3 Å². The Bertz CT molecular complexity index is 350. The third-order valence-electron chi connectivity index (χ3n) is 3.10. The van der Waals surface area contributed by atoms with Crippen molar-refractivity contribution in [3.63, 3.8) is 0 Å². The molecule has 5 heteroatoms. The lowest BCUT2D eigenvalue weighted by Crippen LogP contribution is -2.28. The van der Waals surface area contributed by atoms with Gasteiger partial charge >= 0.3 is 0 Å². The Kier molecular flexibility index (Phi) is 5.56. The van der Waals surface area contributed by atoms with E-state index >= 15 is 0 Å². The molecule has 2 rings (SSSR count). The van der Waals surface area contributed by atoms with E-state index in [2.05, 4.69) is 34.6 Å². The first kappa shape index (κ1) is 13.9. The Balaban J connectivity index is 1.75. The van der Waals surface area contributed by atoms with Crippen LogP contribution >= 0.6 is 11.3 Å². The van der Waals surface area contributed by atoms with Crippen LogP contribution in [0.25, 0.3) is 0 Å². The fourth-order valence-electron chi connectivity index (χ4n) is 2.21. The minimum Gasteiger partial charge on any atom is -0.377 e. The molecule has 1 fully saturated rings. The van der Waals surface area contributed by atoms with Crippen LogP contribution in [-0.4, -0.2) is 42.7 Å². The van der Waals surface area contributed by atoms with Gasteiger partial charge in [0.2, 0.25) is 0 Å². The highest BCUT2D eigenvalue weighted by Gasteiger charge is 2.17. The summed E-state index contributed by atoms with van der Waals surface area (Å²) >= 11 is 1.74. The van der Waals surface area contributed by atoms with Crippen molar-refractivity contribution in [3.05, 3.63) is 16.1 Å². The minimum atomic E-state index is 0.426. The molecule has 0 aliphatic carbocycles. The van der Waals surface area contributed by atoms with E-state index in [-0.39, 0.29) is 0 Å². The summed E-state index contributed by atoms with van der Waals surface area (Å²) in [5.41, 5.74) is 1.17. The second-order valence-electron chi connectivity index (χ2n) is 4.84. The highest BCUT2D eigenvalue weighted by molar-refractivity contribution is 7.09. The number of nitrogens with one attached hydrogen (secondary N) is 1. The standard InChI is InChI=1S/C13H23N3OS/c1-3-14-7-13-15-11(10-18-13)8-16(2)9-12-5-4-6-17-12/h10,12,14H,3-9H2,1-2H3. The van der Waals surface area contributed by atoms with Gasteiger partial charge in [0.25, 0.3) is 0 Å². The van der Waals surface area contributed by atoms with E-state index in [1.54, 1.807) is 11.3 Å². The molecule has 0 amide bonds. The lowest BCUT2D eigenvalue weighted by molar-refractivity contribution is 0.0790. The van der Waals surface area contributed by atoms with Crippen LogP contribution in [0.15, 0.2) is 5.38 Å². The van der Waals surface area contributed by atoms with Crippen molar-refractivity contribution in [1.82, 2.24) is 15.2 Å². The maximum absolute atomic E-state index is 5.65. The van der Waals surface area contributed by atoms with Crippen LogP contribution in [-0.2, 0) is 17.8 Å². The molecule has 0 saturated carbocycles. The third kappa shape index (κ3) is 4.31. The summed E-state index contributed by atoms with van der Waals surface area (Å²) in [4.78, 5) is 6.94. The van der Waals surface area contributed by atoms with Crippen molar-refractivity contribution in [1.29, 1.82) is 0 Å². The molecular formula is C13H23N3OS. The maximum atomic E-state index is 5.65. The van der Waals surface area contributed by atoms with Gasteiger partial charge in [-0.1, -0.05) is 6.92 Å². The molecule has 2 heterocycles. The summed E-state index contributed by atoms with van der Waals surface area (Å²) < 4.78 is 5.65. The van der Waals surface area contributed by atoms with Crippen molar-refractivity contribution in [3.8, 4) is 0 Å². The van der Waals surface area contributed by atoms with Gasteiger partial charge in [-0.25, -0.2) is 4.98 Å². The Morgan fingerprint density at radius 3 is 3.22 bits per heavy atom. The number of nitrogens with zero attached hydrogens (tertiary/aromatic N) is 2. The number of aromatic nitrogens is 1. The zero-order chi connectivity index (χ0) is 12.8. The van der Waals surface area contributed by atoms with Gasteiger partial charge in [-0.2, -0.15) is 0 Å². The van der Waals surface area contributed by atoms with E-state index in [0.29, 0.717) is 6.10 Å². The number of hydrogen-bond acceptors (Lipinski definition) is 5. The summed E-state index contributed by atoms with van der Waals surface area (Å²) in [6.45, 7) is 6.86. The Hall–Kier alpha value is -0.490. The number of likely N-dealkylation sites (N-methyl/N-ethyl adjacent to an activating group) is 1. The molecule has 1 aliphatic heterocycles. The molecule has 102 valence electrons. The van der Waals surface area contributed by atoms with Crippen LogP contribution in [0.2, 0.25) is 0 Å². The summed E-state index contributed by atoms with van der Waals surface area (Å²) in [5, 5.41) is 6.65. The van der Waals surface area contributed by atoms with Gasteiger partial charge in [0.1, 0.15) is 5.01 Å². The molecule has 0 aromatic carbocycles. The first-order valence-corrected chi connectivity index (χ1v) is 7.60. The fourth-order valence-corrected chi connectivity index (χ4v) is 2.97. The molecular weight excluding hydrogens is 246 g/mol. The lowest BCUT2D eigenvalue weighted by Gasteiger charge is -2.19. The predicted molar refractivity (Wildman–Crippen MR) is 74.8 cm³/mol. The van der Waals surface area contributed by atoms with E-state index in [9.17, 15) is 0 Å². The zero-order valence-electron chi connectivity index (χ0n) is 11.3. The van der Waals surface area contributed by atoms with Gasteiger partial charge < -0.3 is 10.1 Å². The summed E-state index contributed by atoms with van der Waals surface area (Å²) in [6, 6.07) is 0. The molecule has 1 N–H and O–H groups in total. The monoisotopic (exact) mass is 269 g/mol. The van der Waals surface area contributed by atoms with Crippen molar-refractivity contribution in [2.75, 3.05) is 26.7 Å². The zero-order valence-corrected chi connectivity index (χ0v) is 12.1. The van der Waals surface area contributed by atoms with E-state index in [1.807, 2.05) is 0 Å². The molecule has 0 radical (unpaired) electrons. The van der Waals surface area contributed by atoms with Crippen LogP contribution in [0.3, 0.4) is 0 Å². The average molecular weight is 269 g/mol. The second kappa shape index (κ2) is 7.19. The van der Waals surface area contributed by atoms with Gasteiger partial charge in [0.05, 0.1) is 11.8 Å². The highest BCUT2D eigenvalue weighted by Crippen LogP contribution is 2.15. The first-order chi connectivity index (χ1) is 8.78. The van der Waals surface area contributed by atoms with Crippen molar-refractivity contribution in [2.24, 2.45) is 0 Å². The average Bonchev–Trinajstić information content (AvgIpc) is 2.98. The molecule has 1 saturated heterocycles. The van der Waals surface area contributed by atoms with Crippen LogP contribution < -0.4 is 5.32 Å². The van der Waals surface area contributed by atoms with E-state index < -0.39 is 0 Å². The third-order valence-corrected chi connectivity index (χ3v) is 3.99. The van der Waals surface area contributed by atoms with Gasteiger partial charge in [0, 0.05) is 31.6 Å². The molecule has 18 heavy (non-hydrogen) atoms. The molecule has 1 aromatic rings. The minimum absolute atomic E-state index is 0.426. The highest BCUT2D eigenvalue weighted by atomic mass is 32.1. The quantitative estimate of drug-likeness (QED) is 0.820. The van der Waals surface area contributed by atoms with Gasteiger partial charge in [-0.3, -0.25) is 4.90 Å². The molecule has 1 aliphatic rings. The largest absolute Gasteiger partial charge is 0.377 e. The molecule has 0 bridgehead atoms. The molecule has 1 atom stereocenters. The fraction of sp³-hybridized carbons (Fsp3) is 0.769. The summed E-state index contributed by atoms with van der Waals surface area (Å²) in [5.74, 6) is 0. The molecule has 1 aromatic heterocycles. The van der Waals surface area contributed by atoms with E-state index in [1.165, 1.54) is 23.5 Å². The Morgan fingerprint density at radius 2 is 2.50 bits per heavy atom. The number of hydrogen-bond donors (Lipinski definition) is 1. The summed E-state index contributed by atoms with van der Waals surface area (Å²) in [6.07, 6.45) is 2.84. The van der Waals surface area contributed by atoms with Gasteiger partial charge in [-0.05, 0) is 26.4 Å². The normalized spacial score (nSPS) is 19.8. The molecule has 4 nitrogen and oxygen atoms in total. The van der Waals surface area contributed by atoms with Crippen LogP contribution in [0.4, 0.5) is 0 Å². The smallest absolute Gasteiger partial charge is 0.107 e.